The fourth-order valence-corrected chi connectivity index (χ4v) is 1.77. The van der Waals surface area contributed by atoms with Crippen LogP contribution < -0.4 is 5.32 Å². The molecule has 0 aliphatic carbocycles. The summed E-state index contributed by atoms with van der Waals surface area (Å²) in [6.07, 6.45) is 1.33. The molecule has 0 saturated carbocycles. The predicted octanol–water partition coefficient (Wildman–Crippen LogP) is 1.48. The van der Waals surface area contributed by atoms with E-state index in [0.29, 0.717) is 31.0 Å². The van der Waals surface area contributed by atoms with Gasteiger partial charge in [0.2, 0.25) is 11.8 Å². The lowest BCUT2D eigenvalue weighted by atomic mass is 10.1. The number of hydrogen-bond acceptors (Lipinski definition) is 5. The van der Waals surface area contributed by atoms with Crippen LogP contribution in [0.25, 0.3) is 0 Å². The van der Waals surface area contributed by atoms with Gasteiger partial charge in [-0.25, -0.2) is 0 Å². The van der Waals surface area contributed by atoms with Crippen molar-refractivity contribution in [3.05, 3.63) is 41.5 Å². The van der Waals surface area contributed by atoms with Gasteiger partial charge in [-0.05, 0) is 31.0 Å². The zero-order valence-electron chi connectivity index (χ0n) is 11.3. The molecule has 0 aliphatic heterocycles. The van der Waals surface area contributed by atoms with E-state index in [9.17, 15) is 4.79 Å². The quantitative estimate of drug-likeness (QED) is 0.833. The Hall–Kier alpha value is -2.21. The highest BCUT2D eigenvalue weighted by Crippen LogP contribution is 2.11. The lowest BCUT2D eigenvalue weighted by molar-refractivity contribution is -0.116. The Bertz CT molecular complexity index is 563. The van der Waals surface area contributed by atoms with Gasteiger partial charge >= 0.3 is 0 Å². The molecule has 2 rings (SSSR count). The molecule has 1 amide bonds. The van der Waals surface area contributed by atoms with Gasteiger partial charge in [0.25, 0.3) is 0 Å². The zero-order valence-corrected chi connectivity index (χ0v) is 11.3. The van der Waals surface area contributed by atoms with Gasteiger partial charge in [-0.2, -0.15) is 4.98 Å². The molecule has 0 saturated heterocycles. The highest BCUT2D eigenvalue weighted by Gasteiger charge is 2.07. The third-order valence-electron chi connectivity index (χ3n) is 2.77. The van der Waals surface area contributed by atoms with E-state index in [2.05, 4.69) is 15.5 Å². The fourth-order valence-electron chi connectivity index (χ4n) is 1.77. The Morgan fingerprint density at radius 1 is 1.30 bits per heavy atom. The standard InChI is InChI=1S/C14H17N3O3/c1-10-15-14(20-17-10)7-6-13(19)16-12-4-2-11(3-5-12)8-9-18/h2-5,18H,6-9H2,1H3,(H,16,19). The molecular weight excluding hydrogens is 258 g/mol. The summed E-state index contributed by atoms with van der Waals surface area (Å²) in [5, 5.41) is 15.3. The smallest absolute Gasteiger partial charge is 0.227 e. The van der Waals surface area contributed by atoms with Gasteiger partial charge in [0, 0.05) is 25.1 Å². The van der Waals surface area contributed by atoms with E-state index in [1.165, 1.54) is 0 Å². The number of benzene rings is 1. The molecule has 0 bridgehead atoms. The minimum absolute atomic E-state index is 0.101. The van der Waals surface area contributed by atoms with Crippen LogP contribution in [0.3, 0.4) is 0 Å². The number of hydrogen-bond donors (Lipinski definition) is 2. The molecule has 1 aromatic carbocycles. The summed E-state index contributed by atoms with van der Waals surface area (Å²) in [4.78, 5) is 15.8. The summed E-state index contributed by atoms with van der Waals surface area (Å²) in [5.41, 5.74) is 1.77. The number of aryl methyl sites for hydroxylation is 2. The summed E-state index contributed by atoms with van der Waals surface area (Å²) in [6, 6.07) is 7.40. The molecule has 2 aromatic rings. The number of aliphatic hydroxyl groups is 1. The monoisotopic (exact) mass is 275 g/mol. The van der Waals surface area contributed by atoms with Crippen molar-refractivity contribution in [1.29, 1.82) is 0 Å². The molecule has 1 heterocycles. The average molecular weight is 275 g/mol. The van der Waals surface area contributed by atoms with E-state index in [1.54, 1.807) is 6.92 Å². The van der Waals surface area contributed by atoms with E-state index in [1.807, 2.05) is 24.3 Å². The maximum atomic E-state index is 11.8. The third-order valence-corrected chi connectivity index (χ3v) is 2.77. The number of anilines is 1. The van der Waals surface area contributed by atoms with Crippen LogP contribution in [0.2, 0.25) is 0 Å². The number of aromatic nitrogens is 2. The number of rotatable bonds is 6. The molecule has 0 spiro atoms. The van der Waals surface area contributed by atoms with Crippen molar-refractivity contribution in [3.8, 4) is 0 Å². The molecule has 1 aromatic heterocycles. The summed E-state index contributed by atoms with van der Waals surface area (Å²) < 4.78 is 4.94. The Labute approximate surface area is 116 Å². The second-order valence-corrected chi connectivity index (χ2v) is 4.45. The van der Waals surface area contributed by atoms with E-state index in [0.717, 1.165) is 11.3 Å². The van der Waals surface area contributed by atoms with Crippen molar-refractivity contribution in [1.82, 2.24) is 10.1 Å². The van der Waals surface area contributed by atoms with Crippen LogP contribution in [0.1, 0.15) is 23.7 Å². The first-order valence-electron chi connectivity index (χ1n) is 6.46. The van der Waals surface area contributed by atoms with Gasteiger partial charge in [0.1, 0.15) is 0 Å². The second-order valence-electron chi connectivity index (χ2n) is 4.45. The van der Waals surface area contributed by atoms with Gasteiger partial charge in [0.05, 0.1) is 0 Å². The zero-order chi connectivity index (χ0) is 14.4. The van der Waals surface area contributed by atoms with Crippen molar-refractivity contribution in [2.45, 2.75) is 26.2 Å². The van der Waals surface area contributed by atoms with E-state index in [-0.39, 0.29) is 12.5 Å². The number of carbonyl (C=O) groups excluding carboxylic acids is 1. The van der Waals surface area contributed by atoms with Gasteiger partial charge in [-0.3, -0.25) is 4.79 Å². The van der Waals surface area contributed by atoms with Gasteiger partial charge < -0.3 is 14.9 Å². The topological polar surface area (TPSA) is 88.2 Å². The Balaban J connectivity index is 1.81. The Kier molecular flexibility index (Phi) is 4.84. The minimum atomic E-state index is -0.101. The van der Waals surface area contributed by atoms with Crippen LogP contribution in [0.15, 0.2) is 28.8 Å². The SMILES string of the molecule is Cc1noc(CCC(=O)Nc2ccc(CCO)cc2)n1. The summed E-state index contributed by atoms with van der Waals surface area (Å²) in [5.74, 6) is 0.937. The second kappa shape index (κ2) is 6.81. The molecule has 6 heteroatoms. The number of aliphatic hydroxyl groups excluding tert-OH is 1. The first-order chi connectivity index (χ1) is 9.67. The molecule has 106 valence electrons. The van der Waals surface area contributed by atoms with Gasteiger partial charge in [-0.15, -0.1) is 0 Å². The molecule has 20 heavy (non-hydrogen) atoms. The molecule has 0 atom stereocenters. The lowest BCUT2D eigenvalue weighted by Crippen LogP contribution is -2.12. The number of nitrogens with zero attached hydrogens (tertiary/aromatic N) is 2. The molecule has 6 nitrogen and oxygen atoms in total. The first-order valence-corrected chi connectivity index (χ1v) is 6.46. The van der Waals surface area contributed by atoms with Crippen LogP contribution in [-0.2, 0) is 17.6 Å². The number of amides is 1. The summed E-state index contributed by atoms with van der Waals surface area (Å²) in [7, 11) is 0. The average Bonchev–Trinajstić information content (AvgIpc) is 2.85. The summed E-state index contributed by atoms with van der Waals surface area (Å²) in [6.45, 7) is 1.86. The van der Waals surface area contributed by atoms with Gasteiger partial charge in [0.15, 0.2) is 5.82 Å². The first kappa shape index (κ1) is 14.2. The number of nitrogens with one attached hydrogen (secondary N) is 1. The number of carbonyl (C=O) groups is 1. The highest BCUT2D eigenvalue weighted by atomic mass is 16.5. The lowest BCUT2D eigenvalue weighted by Gasteiger charge is -2.05. The molecule has 0 radical (unpaired) electrons. The van der Waals surface area contributed by atoms with Crippen LogP contribution in [0, 0.1) is 6.92 Å². The normalized spacial score (nSPS) is 10.5. The molecule has 2 N–H and O–H groups in total. The Morgan fingerprint density at radius 2 is 2.05 bits per heavy atom. The molecule has 0 fully saturated rings. The van der Waals surface area contributed by atoms with Crippen molar-refractivity contribution in [2.75, 3.05) is 11.9 Å². The van der Waals surface area contributed by atoms with Gasteiger partial charge in [-0.1, -0.05) is 17.3 Å². The van der Waals surface area contributed by atoms with Crippen LogP contribution in [0.4, 0.5) is 5.69 Å². The molecule has 0 unspecified atom stereocenters. The highest BCUT2D eigenvalue weighted by molar-refractivity contribution is 5.90. The fraction of sp³-hybridized carbons (Fsp3) is 0.357. The third kappa shape index (κ3) is 4.17. The molecular formula is C14H17N3O3. The maximum absolute atomic E-state index is 11.8. The predicted molar refractivity (Wildman–Crippen MR) is 73.2 cm³/mol. The van der Waals surface area contributed by atoms with Crippen LogP contribution >= 0.6 is 0 Å². The van der Waals surface area contributed by atoms with Crippen molar-refractivity contribution in [2.24, 2.45) is 0 Å². The minimum Gasteiger partial charge on any atom is -0.396 e. The largest absolute Gasteiger partial charge is 0.396 e. The van der Waals surface area contributed by atoms with Crippen LogP contribution in [0.5, 0.6) is 0 Å². The van der Waals surface area contributed by atoms with Crippen molar-refractivity contribution in [3.63, 3.8) is 0 Å². The summed E-state index contributed by atoms with van der Waals surface area (Å²) >= 11 is 0. The van der Waals surface area contributed by atoms with E-state index in [4.69, 9.17) is 9.63 Å². The maximum Gasteiger partial charge on any atom is 0.227 e. The van der Waals surface area contributed by atoms with Crippen molar-refractivity contribution >= 4 is 11.6 Å². The van der Waals surface area contributed by atoms with Crippen LogP contribution in [-0.4, -0.2) is 27.8 Å². The van der Waals surface area contributed by atoms with Crippen molar-refractivity contribution < 1.29 is 14.4 Å². The van der Waals surface area contributed by atoms with E-state index >= 15 is 0 Å². The molecule has 0 aliphatic rings. The Morgan fingerprint density at radius 3 is 2.65 bits per heavy atom. The van der Waals surface area contributed by atoms with E-state index < -0.39 is 0 Å².